The fourth-order valence-electron chi connectivity index (χ4n) is 3.06. The van der Waals surface area contributed by atoms with Crippen molar-refractivity contribution in [2.45, 2.75) is 47.1 Å². The van der Waals surface area contributed by atoms with E-state index < -0.39 is 5.91 Å². The molecule has 0 aliphatic heterocycles. The second-order valence-corrected chi connectivity index (χ2v) is 7.33. The topological polar surface area (TPSA) is 94.5 Å². The van der Waals surface area contributed by atoms with Gasteiger partial charge in [0.25, 0.3) is 5.91 Å². The van der Waals surface area contributed by atoms with Crippen LogP contribution in [-0.4, -0.2) is 35.8 Å². The van der Waals surface area contributed by atoms with Crippen molar-refractivity contribution < 1.29 is 19.1 Å². The molecule has 0 fully saturated rings. The van der Waals surface area contributed by atoms with E-state index in [0.29, 0.717) is 29.4 Å². The van der Waals surface area contributed by atoms with Crippen molar-refractivity contribution in [3.05, 3.63) is 40.7 Å². The van der Waals surface area contributed by atoms with E-state index in [1.165, 1.54) is 14.2 Å². The van der Waals surface area contributed by atoms with E-state index in [9.17, 15) is 9.59 Å². The standard InChI is InChI=1S/C21H30N4O4/c1-13(2)12-25-15(4)19(14(3)24-25)7-8-20(26)22-23-21(27)16-9-17(28-5)11-18(10-16)29-6/h9-11,13H,7-8,12H2,1-6H3,(H,22,26)(H,23,27). The van der Waals surface area contributed by atoms with Crippen LogP contribution in [0.25, 0.3) is 0 Å². The number of ether oxygens (including phenoxy) is 2. The Morgan fingerprint density at radius 3 is 2.24 bits per heavy atom. The quantitative estimate of drug-likeness (QED) is 0.662. The van der Waals surface area contributed by atoms with Crippen LogP contribution in [0.5, 0.6) is 11.5 Å². The monoisotopic (exact) mass is 402 g/mol. The predicted octanol–water partition coefficient (Wildman–Crippen LogP) is 2.57. The third-order valence-electron chi connectivity index (χ3n) is 4.60. The molecule has 0 saturated heterocycles. The smallest absolute Gasteiger partial charge is 0.269 e. The number of rotatable bonds is 8. The number of benzene rings is 1. The summed E-state index contributed by atoms with van der Waals surface area (Å²) >= 11 is 0. The van der Waals surface area contributed by atoms with Crippen LogP contribution >= 0.6 is 0 Å². The second-order valence-electron chi connectivity index (χ2n) is 7.33. The summed E-state index contributed by atoms with van der Waals surface area (Å²) < 4.78 is 12.3. The summed E-state index contributed by atoms with van der Waals surface area (Å²) in [5.41, 5.74) is 8.29. The van der Waals surface area contributed by atoms with Gasteiger partial charge >= 0.3 is 0 Å². The Labute approximate surface area is 171 Å². The molecule has 0 saturated carbocycles. The third kappa shape index (κ3) is 5.97. The fraction of sp³-hybridized carbons (Fsp3) is 0.476. The maximum Gasteiger partial charge on any atom is 0.269 e. The molecular weight excluding hydrogens is 372 g/mol. The average Bonchev–Trinajstić information content (AvgIpc) is 2.95. The highest BCUT2D eigenvalue weighted by Crippen LogP contribution is 2.22. The molecule has 0 unspecified atom stereocenters. The molecule has 8 heteroatoms. The number of carbonyl (C=O) groups excluding carboxylic acids is 2. The largest absolute Gasteiger partial charge is 0.497 e. The number of nitrogens with zero attached hydrogens (tertiary/aromatic N) is 2. The minimum absolute atomic E-state index is 0.247. The zero-order valence-electron chi connectivity index (χ0n) is 18.0. The van der Waals surface area contributed by atoms with Crippen molar-refractivity contribution in [3.8, 4) is 11.5 Å². The summed E-state index contributed by atoms with van der Waals surface area (Å²) in [7, 11) is 3.01. The molecule has 0 radical (unpaired) electrons. The molecule has 2 N–H and O–H groups in total. The molecule has 1 heterocycles. The lowest BCUT2D eigenvalue weighted by molar-refractivity contribution is -0.121. The lowest BCUT2D eigenvalue weighted by Crippen LogP contribution is -2.41. The third-order valence-corrected chi connectivity index (χ3v) is 4.60. The number of carbonyl (C=O) groups is 2. The predicted molar refractivity (Wildman–Crippen MR) is 110 cm³/mol. The summed E-state index contributed by atoms with van der Waals surface area (Å²) in [5.74, 6) is 0.751. The second kappa shape index (κ2) is 9.95. The highest BCUT2D eigenvalue weighted by Gasteiger charge is 2.15. The van der Waals surface area contributed by atoms with E-state index in [-0.39, 0.29) is 12.3 Å². The van der Waals surface area contributed by atoms with Gasteiger partial charge in [0.2, 0.25) is 5.91 Å². The molecule has 0 aliphatic rings. The SMILES string of the molecule is COc1cc(OC)cc(C(=O)NNC(=O)CCc2c(C)nn(CC(C)C)c2C)c1. The van der Waals surface area contributed by atoms with Crippen LogP contribution in [0.4, 0.5) is 0 Å². The summed E-state index contributed by atoms with van der Waals surface area (Å²) in [6, 6.07) is 4.80. The lowest BCUT2D eigenvalue weighted by Gasteiger charge is -2.10. The molecule has 2 aromatic rings. The molecule has 2 amide bonds. The molecule has 8 nitrogen and oxygen atoms in total. The van der Waals surface area contributed by atoms with Crippen LogP contribution in [-0.2, 0) is 17.8 Å². The molecule has 1 aromatic carbocycles. The van der Waals surface area contributed by atoms with Crippen molar-refractivity contribution in [3.63, 3.8) is 0 Å². The summed E-state index contributed by atoms with van der Waals surface area (Å²) in [4.78, 5) is 24.5. The molecule has 1 aromatic heterocycles. The van der Waals surface area contributed by atoms with Crippen LogP contribution < -0.4 is 20.3 Å². The maximum atomic E-state index is 12.3. The first-order chi connectivity index (χ1) is 13.7. The molecule has 0 atom stereocenters. The lowest BCUT2D eigenvalue weighted by atomic mass is 10.1. The van der Waals surface area contributed by atoms with E-state index in [2.05, 4.69) is 29.8 Å². The molecule has 0 bridgehead atoms. The van der Waals surface area contributed by atoms with Gasteiger partial charge in [-0.2, -0.15) is 5.10 Å². The molecule has 158 valence electrons. The van der Waals surface area contributed by atoms with Crippen LogP contribution in [0.15, 0.2) is 18.2 Å². The number of methoxy groups -OCH3 is 2. The Morgan fingerprint density at radius 2 is 1.69 bits per heavy atom. The van der Waals surface area contributed by atoms with Gasteiger partial charge in [-0.1, -0.05) is 13.8 Å². The van der Waals surface area contributed by atoms with E-state index in [4.69, 9.17) is 9.47 Å². The Balaban J connectivity index is 1.92. The van der Waals surface area contributed by atoms with Crippen molar-refractivity contribution in [2.75, 3.05) is 14.2 Å². The maximum absolute atomic E-state index is 12.3. The van der Waals surface area contributed by atoms with Crippen molar-refractivity contribution in [1.29, 1.82) is 0 Å². The van der Waals surface area contributed by atoms with E-state index in [1.807, 2.05) is 18.5 Å². The fourth-order valence-corrected chi connectivity index (χ4v) is 3.06. The van der Waals surface area contributed by atoms with Crippen LogP contribution in [0.2, 0.25) is 0 Å². The minimum Gasteiger partial charge on any atom is -0.497 e. The number of aromatic nitrogens is 2. The molecule has 2 rings (SSSR count). The van der Waals surface area contributed by atoms with Crippen molar-refractivity contribution in [1.82, 2.24) is 20.6 Å². The Morgan fingerprint density at radius 1 is 1.07 bits per heavy atom. The number of hydrogen-bond donors (Lipinski definition) is 2. The number of hydrazine groups is 1. The van der Waals surface area contributed by atoms with E-state index >= 15 is 0 Å². The van der Waals surface area contributed by atoms with Gasteiger partial charge in [0, 0.05) is 30.3 Å². The van der Waals surface area contributed by atoms with Gasteiger partial charge in [0.15, 0.2) is 0 Å². The Kier molecular flexibility index (Phi) is 7.64. The zero-order chi connectivity index (χ0) is 21.6. The Hall–Kier alpha value is -3.03. The van der Waals surface area contributed by atoms with Crippen molar-refractivity contribution in [2.24, 2.45) is 5.92 Å². The molecular formula is C21H30N4O4. The first kappa shape index (κ1) is 22.3. The van der Waals surface area contributed by atoms with Gasteiger partial charge < -0.3 is 9.47 Å². The van der Waals surface area contributed by atoms with Gasteiger partial charge in [-0.3, -0.25) is 25.1 Å². The van der Waals surface area contributed by atoms with Gasteiger partial charge in [-0.25, -0.2) is 0 Å². The normalized spacial score (nSPS) is 10.7. The highest BCUT2D eigenvalue weighted by atomic mass is 16.5. The summed E-state index contributed by atoms with van der Waals surface area (Å²) in [6.45, 7) is 9.11. The van der Waals surface area contributed by atoms with Crippen LogP contribution in [0, 0.1) is 19.8 Å². The summed E-state index contributed by atoms with van der Waals surface area (Å²) in [5, 5.41) is 4.57. The number of aryl methyl sites for hydroxylation is 1. The zero-order valence-corrected chi connectivity index (χ0v) is 18.0. The number of amides is 2. The average molecular weight is 402 g/mol. The minimum atomic E-state index is -0.451. The highest BCUT2D eigenvalue weighted by molar-refractivity contribution is 5.96. The summed E-state index contributed by atoms with van der Waals surface area (Å²) in [6.07, 6.45) is 0.807. The van der Waals surface area contributed by atoms with Gasteiger partial charge in [0.05, 0.1) is 19.9 Å². The van der Waals surface area contributed by atoms with Crippen LogP contribution in [0.1, 0.15) is 47.6 Å². The Bertz CT molecular complexity index is 852. The van der Waals surface area contributed by atoms with Crippen molar-refractivity contribution >= 4 is 11.8 Å². The number of hydrogen-bond acceptors (Lipinski definition) is 5. The van der Waals surface area contributed by atoms with Crippen LogP contribution in [0.3, 0.4) is 0 Å². The van der Waals surface area contributed by atoms with E-state index in [0.717, 1.165) is 23.5 Å². The van der Waals surface area contributed by atoms with E-state index in [1.54, 1.807) is 18.2 Å². The van der Waals surface area contributed by atoms with Gasteiger partial charge in [-0.15, -0.1) is 0 Å². The molecule has 0 spiro atoms. The number of nitrogens with one attached hydrogen (secondary N) is 2. The molecule has 29 heavy (non-hydrogen) atoms. The molecule has 0 aliphatic carbocycles. The van der Waals surface area contributed by atoms with Gasteiger partial charge in [0.1, 0.15) is 11.5 Å². The first-order valence-electron chi connectivity index (χ1n) is 9.60. The van der Waals surface area contributed by atoms with Gasteiger partial charge in [-0.05, 0) is 43.9 Å². The first-order valence-corrected chi connectivity index (χ1v) is 9.60.